The number of amides is 4. The van der Waals surface area contributed by atoms with E-state index >= 15 is 0 Å². The Morgan fingerprint density at radius 2 is 0.500 bits per heavy atom. The van der Waals surface area contributed by atoms with E-state index in [1.807, 2.05) is 21.3 Å². The molecule has 0 fully saturated rings. The van der Waals surface area contributed by atoms with E-state index in [9.17, 15) is 71.9 Å². The van der Waals surface area contributed by atoms with Gasteiger partial charge in [-0.2, -0.15) is 52.7 Å². The summed E-state index contributed by atoms with van der Waals surface area (Å²) in [6.07, 6.45) is -18.6. The molecule has 0 aliphatic heterocycles. The van der Waals surface area contributed by atoms with Crippen molar-refractivity contribution in [1.29, 1.82) is 0 Å². The predicted octanol–water partition coefficient (Wildman–Crippen LogP) is 8.60. The van der Waals surface area contributed by atoms with Crippen LogP contribution in [0.3, 0.4) is 0 Å². The molecule has 0 saturated heterocycles. The third kappa shape index (κ3) is 12.1. The lowest BCUT2D eigenvalue weighted by atomic mass is 10.2. The van der Waals surface area contributed by atoms with Gasteiger partial charge in [0.05, 0.1) is 22.3 Å². The normalized spacial score (nSPS) is 11.8. The van der Waals surface area contributed by atoms with Crippen molar-refractivity contribution in [2.24, 2.45) is 0 Å². The summed E-state index contributed by atoms with van der Waals surface area (Å²) < 4.78 is 151. The molecule has 0 aliphatic carbocycles. The molecule has 0 unspecified atom stereocenters. The Morgan fingerprint density at radius 3 is 0.654 bits per heavy atom. The standard InChI is InChI=1S/2C16H10F6N2O2/c2*17-15(18,19)9-3-1-5-11(7-9)23-13(25)14(26)24-12-6-2-4-10(8-12)16(20,21)22/h2*1-8H,(H,23,25)(H,24,26). The third-order valence-corrected chi connectivity index (χ3v) is 6.20. The zero-order valence-electron chi connectivity index (χ0n) is 25.4. The van der Waals surface area contributed by atoms with Gasteiger partial charge in [0, 0.05) is 22.7 Å². The zero-order valence-corrected chi connectivity index (χ0v) is 25.4. The maximum absolute atomic E-state index is 12.6. The second-order valence-electron chi connectivity index (χ2n) is 10.1. The van der Waals surface area contributed by atoms with Crippen LogP contribution in [0.5, 0.6) is 0 Å². The van der Waals surface area contributed by atoms with Crippen LogP contribution >= 0.6 is 0 Å². The highest BCUT2D eigenvalue weighted by molar-refractivity contribution is 6.44. The van der Waals surface area contributed by atoms with Gasteiger partial charge >= 0.3 is 48.3 Å². The Kier molecular flexibility index (Phi) is 12.3. The van der Waals surface area contributed by atoms with Crippen LogP contribution in [0.4, 0.5) is 75.4 Å². The Balaban J connectivity index is 0.000000280. The number of carbonyl (C=O) groups is 4. The number of alkyl halides is 12. The molecule has 0 spiro atoms. The average Bonchev–Trinajstić information content (AvgIpc) is 3.04. The van der Waals surface area contributed by atoms with Crippen LogP contribution in [0.15, 0.2) is 97.1 Å². The van der Waals surface area contributed by atoms with Gasteiger partial charge in [-0.1, -0.05) is 24.3 Å². The molecule has 0 aliphatic rings. The van der Waals surface area contributed by atoms with Crippen LogP contribution in [0.1, 0.15) is 22.3 Å². The van der Waals surface area contributed by atoms with Gasteiger partial charge in [-0.25, -0.2) is 0 Å². The molecule has 52 heavy (non-hydrogen) atoms. The van der Waals surface area contributed by atoms with Crippen molar-refractivity contribution in [3.8, 4) is 0 Å². The maximum atomic E-state index is 12.6. The highest BCUT2D eigenvalue weighted by atomic mass is 19.4. The Labute approximate surface area is 283 Å². The van der Waals surface area contributed by atoms with Gasteiger partial charge in [0.1, 0.15) is 0 Å². The molecule has 8 nitrogen and oxygen atoms in total. The van der Waals surface area contributed by atoms with Crippen LogP contribution in [0.2, 0.25) is 0 Å². The number of halogens is 12. The molecule has 0 saturated carbocycles. The van der Waals surface area contributed by atoms with Gasteiger partial charge in [0.15, 0.2) is 0 Å². The first-order valence-electron chi connectivity index (χ1n) is 13.9. The Hall–Kier alpha value is -6.08. The number of benzene rings is 4. The molecule has 0 atom stereocenters. The van der Waals surface area contributed by atoms with E-state index in [0.717, 1.165) is 72.8 Å². The molecule has 4 amide bonds. The molecule has 20 heteroatoms. The quantitative estimate of drug-likeness (QED) is 0.124. The number of nitrogens with one attached hydrogen (secondary N) is 4. The van der Waals surface area contributed by atoms with Crippen LogP contribution < -0.4 is 21.3 Å². The average molecular weight is 753 g/mol. The number of rotatable bonds is 4. The molecule has 276 valence electrons. The first-order valence-corrected chi connectivity index (χ1v) is 13.9. The van der Waals surface area contributed by atoms with Crippen LogP contribution in [0, 0.1) is 0 Å². The number of hydrogen-bond donors (Lipinski definition) is 4. The van der Waals surface area contributed by atoms with Gasteiger partial charge < -0.3 is 21.3 Å². The lowest BCUT2D eigenvalue weighted by molar-refractivity contribution is -0.138. The van der Waals surface area contributed by atoms with E-state index in [0.29, 0.717) is 24.3 Å². The van der Waals surface area contributed by atoms with Gasteiger partial charge in [0.2, 0.25) is 0 Å². The largest absolute Gasteiger partial charge is 0.416 e. The molecule has 0 bridgehead atoms. The summed E-state index contributed by atoms with van der Waals surface area (Å²) in [4.78, 5) is 46.9. The monoisotopic (exact) mass is 752 g/mol. The topological polar surface area (TPSA) is 116 Å². The maximum Gasteiger partial charge on any atom is 0.416 e. The fraction of sp³-hybridized carbons (Fsp3) is 0.125. The second-order valence-corrected chi connectivity index (χ2v) is 10.1. The summed E-state index contributed by atoms with van der Waals surface area (Å²) >= 11 is 0. The molecule has 4 N–H and O–H groups in total. The molecule has 4 rings (SSSR count). The molecule has 0 radical (unpaired) electrons. The zero-order chi connectivity index (χ0) is 39.1. The SMILES string of the molecule is O=C(Nc1cccc(C(F)(F)F)c1)C(=O)Nc1cccc(C(F)(F)F)c1.O=C(Nc1cccc(C(F)(F)F)c1)C(=O)Nc1cccc(C(F)(F)F)c1. The van der Waals surface area contributed by atoms with Crippen LogP contribution in [-0.4, -0.2) is 23.6 Å². The van der Waals surface area contributed by atoms with Gasteiger partial charge in [0.25, 0.3) is 0 Å². The predicted molar refractivity (Wildman–Crippen MR) is 160 cm³/mol. The highest BCUT2D eigenvalue weighted by Crippen LogP contribution is 2.33. The lowest BCUT2D eigenvalue weighted by Crippen LogP contribution is -2.29. The highest BCUT2D eigenvalue weighted by Gasteiger charge is 2.33. The molecule has 4 aromatic carbocycles. The van der Waals surface area contributed by atoms with Crippen LogP contribution in [0.25, 0.3) is 0 Å². The van der Waals surface area contributed by atoms with Crippen molar-refractivity contribution >= 4 is 46.4 Å². The van der Waals surface area contributed by atoms with Crippen molar-refractivity contribution in [2.45, 2.75) is 24.7 Å². The van der Waals surface area contributed by atoms with E-state index in [1.165, 1.54) is 0 Å². The third-order valence-electron chi connectivity index (χ3n) is 6.20. The summed E-state index contributed by atoms with van der Waals surface area (Å²) in [6, 6.07) is 14.2. The Morgan fingerprint density at radius 1 is 0.327 bits per heavy atom. The van der Waals surface area contributed by atoms with E-state index in [1.54, 1.807) is 0 Å². The lowest BCUT2D eigenvalue weighted by Gasteiger charge is -2.11. The second kappa shape index (κ2) is 15.9. The summed E-state index contributed by atoms with van der Waals surface area (Å²) in [5, 5.41) is 7.78. The smallest absolute Gasteiger partial charge is 0.318 e. The molecule has 0 aromatic heterocycles. The van der Waals surface area contributed by atoms with Gasteiger partial charge in [-0.15, -0.1) is 0 Å². The minimum atomic E-state index is -4.64. The van der Waals surface area contributed by atoms with Gasteiger partial charge in [-0.3, -0.25) is 19.2 Å². The van der Waals surface area contributed by atoms with Crippen molar-refractivity contribution in [1.82, 2.24) is 0 Å². The first-order chi connectivity index (χ1) is 23.9. The summed E-state index contributed by atoms with van der Waals surface area (Å²) in [5.74, 6) is -5.33. The van der Waals surface area contributed by atoms with Gasteiger partial charge in [-0.05, 0) is 72.8 Å². The van der Waals surface area contributed by atoms with Crippen molar-refractivity contribution in [3.63, 3.8) is 0 Å². The van der Waals surface area contributed by atoms with Crippen molar-refractivity contribution in [3.05, 3.63) is 119 Å². The summed E-state index contributed by atoms with van der Waals surface area (Å²) in [7, 11) is 0. The Bertz CT molecular complexity index is 1660. The molecule has 4 aromatic rings. The molecular weight excluding hydrogens is 732 g/mol. The summed E-state index contributed by atoms with van der Waals surface area (Å²) in [5.41, 5.74) is -5.29. The summed E-state index contributed by atoms with van der Waals surface area (Å²) in [6.45, 7) is 0. The van der Waals surface area contributed by atoms with E-state index in [4.69, 9.17) is 0 Å². The fourth-order valence-corrected chi connectivity index (χ4v) is 3.84. The minimum Gasteiger partial charge on any atom is -0.318 e. The number of hydrogen-bond acceptors (Lipinski definition) is 4. The van der Waals surface area contributed by atoms with Crippen molar-refractivity contribution < 1.29 is 71.9 Å². The van der Waals surface area contributed by atoms with E-state index in [-0.39, 0.29) is 22.7 Å². The number of carbonyl (C=O) groups excluding carboxylic acids is 4. The molecular formula is C32H20F12N4O4. The number of anilines is 4. The van der Waals surface area contributed by atoms with Crippen molar-refractivity contribution in [2.75, 3.05) is 21.3 Å². The van der Waals surface area contributed by atoms with E-state index in [2.05, 4.69) is 0 Å². The molecule has 0 heterocycles. The van der Waals surface area contributed by atoms with E-state index < -0.39 is 70.6 Å². The van der Waals surface area contributed by atoms with Crippen LogP contribution in [-0.2, 0) is 43.9 Å². The fourth-order valence-electron chi connectivity index (χ4n) is 3.84. The minimum absolute atomic E-state index is 0.288. The first kappa shape index (κ1) is 40.4.